The van der Waals surface area contributed by atoms with E-state index in [1.54, 1.807) is 6.20 Å². The molecule has 1 aromatic carbocycles. The Morgan fingerprint density at radius 3 is 2.86 bits per heavy atom. The molecular formula is C16H17BrN4. The van der Waals surface area contributed by atoms with E-state index in [2.05, 4.69) is 47.0 Å². The van der Waals surface area contributed by atoms with Gasteiger partial charge in [0.2, 0.25) is 0 Å². The van der Waals surface area contributed by atoms with Gasteiger partial charge in [-0.05, 0) is 47.5 Å². The van der Waals surface area contributed by atoms with E-state index in [0.29, 0.717) is 0 Å². The lowest BCUT2D eigenvalue weighted by Gasteiger charge is -2.15. The van der Waals surface area contributed by atoms with Crippen molar-refractivity contribution in [1.82, 2.24) is 14.8 Å². The third kappa shape index (κ3) is 2.47. The van der Waals surface area contributed by atoms with Gasteiger partial charge in [-0.25, -0.2) is 0 Å². The zero-order chi connectivity index (χ0) is 15.0. The Labute approximate surface area is 132 Å². The van der Waals surface area contributed by atoms with Crippen LogP contribution in [0.2, 0.25) is 0 Å². The number of pyridine rings is 1. The van der Waals surface area contributed by atoms with Gasteiger partial charge in [0.15, 0.2) is 0 Å². The molecule has 1 unspecified atom stereocenters. The van der Waals surface area contributed by atoms with Crippen LogP contribution in [-0.4, -0.2) is 14.8 Å². The number of benzene rings is 1. The Kier molecular flexibility index (Phi) is 3.78. The van der Waals surface area contributed by atoms with Crippen molar-refractivity contribution in [2.45, 2.75) is 26.4 Å². The maximum Gasteiger partial charge on any atom is 0.0908 e. The van der Waals surface area contributed by atoms with Gasteiger partial charge in [0, 0.05) is 11.9 Å². The molecule has 3 rings (SSSR count). The molecule has 0 aliphatic heterocycles. The lowest BCUT2D eigenvalue weighted by molar-refractivity contribution is 0.595. The molecule has 0 radical (unpaired) electrons. The first-order valence-electron chi connectivity index (χ1n) is 6.95. The van der Waals surface area contributed by atoms with E-state index in [0.717, 1.165) is 33.3 Å². The third-order valence-corrected chi connectivity index (χ3v) is 4.30. The molecule has 0 spiro atoms. The molecule has 2 heterocycles. The number of nitrogens with zero attached hydrogens (tertiary/aromatic N) is 3. The highest BCUT2D eigenvalue weighted by atomic mass is 79.9. The second-order valence-corrected chi connectivity index (χ2v) is 5.91. The quantitative estimate of drug-likeness (QED) is 0.790. The van der Waals surface area contributed by atoms with Crippen LogP contribution in [0.1, 0.15) is 29.9 Å². The Bertz CT molecular complexity index is 794. The zero-order valence-electron chi connectivity index (χ0n) is 12.0. The third-order valence-electron chi connectivity index (χ3n) is 3.69. The number of rotatable bonds is 3. The van der Waals surface area contributed by atoms with Gasteiger partial charge in [0.1, 0.15) is 0 Å². The fraction of sp³-hybridized carbons (Fsp3) is 0.250. The van der Waals surface area contributed by atoms with E-state index < -0.39 is 0 Å². The van der Waals surface area contributed by atoms with Crippen LogP contribution >= 0.6 is 15.9 Å². The number of para-hydroxylation sites is 1. The topological polar surface area (TPSA) is 56.7 Å². The zero-order valence-corrected chi connectivity index (χ0v) is 13.6. The van der Waals surface area contributed by atoms with E-state index in [-0.39, 0.29) is 6.04 Å². The van der Waals surface area contributed by atoms with Crippen LogP contribution in [0.3, 0.4) is 0 Å². The van der Waals surface area contributed by atoms with Gasteiger partial charge >= 0.3 is 0 Å². The highest BCUT2D eigenvalue weighted by Gasteiger charge is 2.19. The second kappa shape index (κ2) is 5.58. The van der Waals surface area contributed by atoms with Crippen molar-refractivity contribution in [3.8, 4) is 0 Å². The van der Waals surface area contributed by atoms with E-state index in [1.165, 1.54) is 5.56 Å². The summed E-state index contributed by atoms with van der Waals surface area (Å²) in [5, 5.41) is 5.49. The van der Waals surface area contributed by atoms with Crippen molar-refractivity contribution in [2.75, 3.05) is 0 Å². The summed E-state index contributed by atoms with van der Waals surface area (Å²) in [7, 11) is 0. The molecule has 5 heteroatoms. The average molecular weight is 345 g/mol. The van der Waals surface area contributed by atoms with Crippen LogP contribution in [-0.2, 0) is 6.54 Å². The minimum atomic E-state index is -0.301. The molecule has 0 aliphatic carbocycles. The SMILES string of the molecule is CCn1ncc(Br)c1C(N)c1cc(C)c2ccccc2n1. The fourth-order valence-corrected chi connectivity index (χ4v) is 3.15. The van der Waals surface area contributed by atoms with E-state index in [9.17, 15) is 0 Å². The Morgan fingerprint density at radius 1 is 1.33 bits per heavy atom. The standard InChI is InChI=1S/C16H17BrN4/c1-3-21-16(12(17)9-19-21)15(18)14-8-10(2)11-6-4-5-7-13(11)20-14/h4-9,15H,3,18H2,1-2H3. The molecule has 0 fully saturated rings. The number of hydrogen-bond acceptors (Lipinski definition) is 3. The van der Waals surface area contributed by atoms with Crippen LogP contribution < -0.4 is 5.73 Å². The summed E-state index contributed by atoms with van der Waals surface area (Å²) in [6, 6.07) is 9.89. The number of hydrogen-bond donors (Lipinski definition) is 1. The van der Waals surface area contributed by atoms with Crippen molar-refractivity contribution in [2.24, 2.45) is 5.73 Å². The summed E-state index contributed by atoms with van der Waals surface area (Å²) in [4.78, 5) is 4.72. The molecule has 4 nitrogen and oxygen atoms in total. The molecule has 2 aromatic heterocycles. The Hall–Kier alpha value is -1.72. The van der Waals surface area contributed by atoms with Gasteiger partial charge < -0.3 is 5.73 Å². The van der Waals surface area contributed by atoms with Crippen LogP contribution in [0.15, 0.2) is 41.0 Å². The highest BCUT2D eigenvalue weighted by Crippen LogP contribution is 2.28. The number of halogens is 1. The normalized spacial score (nSPS) is 12.8. The largest absolute Gasteiger partial charge is 0.318 e. The minimum absolute atomic E-state index is 0.301. The number of aryl methyl sites for hydroxylation is 2. The number of fused-ring (bicyclic) bond motifs is 1. The molecule has 108 valence electrons. The molecule has 0 aliphatic rings. The summed E-state index contributed by atoms with van der Waals surface area (Å²) in [5.41, 5.74) is 10.4. The van der Waals surface area contributed by atoms with Gasteiger partial charge in [-0.1, -0.05) is 18.2 Å². The Morgan fingerprint density at radius 2 is 2.10 bits per heavy atom. The summed E-state index contributed by atoms with van der Waals surface area (Å²) in [6.07, 6.45) is 1.78. The second-order valence-electron chi connectivity index (χ2n) is 5.05. The maximum atomic E-state index is 6.44. The van der Waals surface area contributed by atoms with Crippen LogP contribution in [0, 0.1) is 6.92 Å². The predicted molar refractivity (Wildman–Crippen MR) is 88.1 cm³/mol. The van der Waals surface area contributed by atoms with Crippen molar-refractivity contribution in [3.63, 3.8) is 0 Å². The Balaban J connectivity index is 2.13. The van der Waals surface area contributed by atoms with Crippen LogP contribution in [0.5, 0.6) is 0 Å². The van der Waals surface area contributed by atoms with E-state index in [4.69, 9.17) is 10.7 Å². The van der Waals surface area contributed by atoms with Gasteiger partial charge in [-0.15, -0.1) is 0 Å². The molecule has 0 saturated heterocycles. The van der Waals surface area contributed by atoms with Gasteiger partial charge in [0.25, 0.3) is 0 Å². The molecule has 2 N–H and O–H groups in total. The molecule has 21 heavy (non-hydrogen) atoms. The molecule has 3 aromatic rings. The fourth-order valence-electron chi connectivity index (χ4n) is 2.61. The molecule has 0 bridgehead atoms. The van der Waals surface area contributed by atoms with Crippen LogP contribution in [0.25, 0.3) is 10.9 Å². The van der Waals surface area contributed by atoms with Crippen molar-refractivity contribution >= 4 is 26.8 Å². The van der Waals surface area contributed by atoms with Crippen LogP contribution in [0.4, 0.5) is 0 Å². The molecular weight excluding hydrogens is 328 g/mol. The lowest BCUT2D eigenvalue weighted by Crippen LogP contribution is -2.19. The summed E-state index contributed by atoms with van der Waals surface area (Å²) in [6.45, 7) is 4.92. The first-order valence-corrected chi connectivity index (χ1v) is 7.74. The molecule has 0 saturated carbocycles. The predicted octanol–water partition coefficient (Wildman–Crippen LogP) is 3.57. The first kappa shape index (κ1) is 14.2. The monoisotopic (exact) mass is 344 g/mol. The smallest absolute Gasteiger partial charge is 0.0908 e. The molecule has 0 amide bonds. The minimum Gasteiger partial charge on any atom is -0.318 e. The van der Waals surface area contributed by atoms with Crippen molar-refractivity contribution in [1.29, 1.82) is 0 Å². The summed E-state index contributed by atoms with van der Waals surface area (Å²) >= 11 is 3.53. The first-order chi connectivity index (χ1) is 10.1. The van der Waals surface area contributed by atoms with E-state index in [1.807, 2.05) is 22.9 Å². The summed E-state index contributed by atoms with van der Waals surface area (Å²) < 4.78 is 2.82. The van der Waals surface area contributed by atoms with Crippen molar-refractivity contribution in [3.05, 3.63) is 58.0 Å². The van der Waals surface area contributed by atoms with Gasteiger partial charge in [-0.2, -0.15) is 5.10 Å². The number of nitrogens with two attached hydrogens (primary N) is 1. The number of aromatic nitrogens is 3. The van der Waals surface area contributed by atoms with E-state index >= 15 is 0 Å². The lowest BCUT2D eigenvalue weighted by atomic mass is 10.0. The van der Waals surface area contributed by atoms with Gasteiger partial charge in [-0.3, -0.25) is 9.67 Å². The summed E-state index contributed by atoms with van der Waals surface area (Å²) in [5.74, 6) is 0. The van der Waals surface area contributed by atoms with Crippen molar-refractivity contribution < 1.29 is 0 Å². The highest BCUT2D eigenvalue weighted by molar-refractivity contribution is 9.10. The molecule has 1 atom stereocenters. The maximum absolute atomic E-state index is 6.44. The van der Waals surface area contributed by atoms with Gasteiger partial charge in [0.05, 0.1) is 33.6 Å². The average Bonchev–Trinajstić information content (AvgIpc) is 2.87.